The molecular weight excluding hydrogens is 290 g/mol. The SMILES string of the molecule is CCc1nc(C)cn1S(=O)(=O)c1cnn(C(F)F)c1C. The fraction of sp³-hybridized carbons (Fsp3) is 0.455. The first-order valence-corrected chi connectivity index (χ1v) is 7.35. The summed E-state index contributed by atoms with van der Waals surface area (Å²) < 4.78 is 51.7. The highest BCUT2D eigenvalue weighted by Crippen LogP contribution is 2.23. The number of hydrogen-bond acceptors (Lipinski definition) is 4. The zero-order valence-electron chi connectivity index (χ0n) is 11.2. The summed E-state index contributed by atoms with van der Waals surface area (Å²) in [6.07, 6.45) is 2.72. The van der Waals surface area contributed by atoms with Crippen molar-refractivity contribution >= 4 is 10.0 Å². The lowest BCUT2D eigenvalue weighted by Crippen LogP contribution is -2.16. The van der Waals surface area contributed by atoms with Gasteiger partial charge in [-0.3, -0.25) is 0 Å². The highest BCUT2D eigenvalue weighted by Gasteiger charge is 2.27. The zero-order chi connectivity index (χ0) is 15.1. The largest absolute Gasteiger partial charge is 0.333 e. The molecule has 0 atom stereocenters. The minimum absolute atomic E-state index is 0.103. The van der Waals surface area contributed by atoms with Crippen LogP contribution in [-0.4, -0.2) is 27.2 Å². The van der Waals surface area contributed by atoms with Crippen LogP contribution < -0.4 is 0 Å². The van der Waals surface area contributed by atoms with Gasteiger partial charge in [0.15, 0.2) is 0 Å². The molecule has 6 nitrogen and oxygen atoms in total. The van der Waals surface area contributed by atoms with Crippen molar-refractivity contribution in [2.24, 2.45) is 0 Å². The second-order valence-electron chi connectivity index (χ2n) is 4.27. The molecule has 2 aromatic heterocycles. The van der Waals surface area contributed by atoms with E-state index in [9.17, 15) is 17.2 Å². The van der Waals surface area contributed by atoms with Gasteiger partial charge in [0, 0.05) is 12.6 Å². The van der Waals surface area contributed by atoms with Crippen LogP contribution in [0.2, 0.25) is 0 Å². The molecule has 2 aromatic rings. The lowest BCUT2D eigenvalue weighted by Gasteiger charge is -2.08. The van der Waals surface area contributed by atoms with Crippen molar-refractivity contribution in [1.82, 2.24) is 18.7 Å². The van der Waals surface area contributed by atoms with Gasteiger partial charge in [0.1, 0.15) is 10.7 Å². The normalized spacial score (nSPS) is 12.3. The van der Waals surface area contributed by atoms with Gasteiger partial charge in [-0.25, -0.2) is 22.1 Å². The maximum atomic E-state index is 12.7. The number of alkyl halides is 2. The topological polar surface area (TPSA) is 69.8 Å². The van der Waals surface area contributed by atoms with Crippen LogP contribution in [-0.2, 0) is 16.4 Å². The predicted molar refractivity (Wildman–Crippen MR) is 67.1 cm³/mol. The molecule has 0 unspecified atom stereocenters. The van der Waals surface area contributed by atoms with Gasteiger partial charge >= 0.3 is 6.55 Å². The van der Waals surface area contributed by atoms with Gasteiger partial charge in [0.2, 0.25) is 0 Å². The Morgan fingerprint density at radius 1 is 1.35 bits per heavy atom. The molecular formula is C11H14F2N4O2S. The summed E-state index contributed by atoms with van der Waals surface area (Å²) in [4.78, 5) is 3.86. The van der Waals surface area contributed by atoms with E-state index in [-0.39, 0.29) is 10.6 Å². The number of hydrogen-bond donors (Lipinski definition) is 0. The second kappa shape index (κ2) is 4.97. The molecule has 0 N–H and O–H groups in total. The van der Waals surface area contributed by atoms with Crippen LogP contribution in [0, 0.1) is 13.8 Å². The van der Waals surface area contributed by atoms with Crippen molar-refractivity contribution in [2.45, 2.75) is 38.6 Å². The van der Waals surface area contributed by atoms with Crippen molar-refractivity contribution in [3.05, 3.63) is 29.6 Å². The molecule has 0 aliphatic heterocycles. The Balaban J connectivity index is 2.61. The van der Waals surface area contributed by atoms with E-state index in [0.717, 1.165) is 10.2 Å². The third-order valence-electron chi connectivity index (χ3n) is 2.90. The minimum atomic E-state index is -3.97. The summed E-state index contributed by atoms with van der Waals surface area (Å²) >= 11 is 0. The lowest BCUT2D eigenvalue weighted by atomic mass is 10.5. The number of aromatic nitrogens is 4. The van der Waals surface area contributed by atoms with Gasteiger partial charge in [-0.15, -0.1) is 0 Å². The fourth-order valence-electron chi connectivity index (χ4n) is 1.93. The third kappa shape index (κ3) is 2.21. The smallest absolute Gasteiger partial charge is 0.238 e. The Bertz CT molecular complexity index is 734. The Morgan fingerprint density at radius 3 is 2.50 bits per heavy atom. The van der Waals surface area contributed by atoms with E-state index in [0.29, 0.717) is 22.6 Å². The van der Waals surface area contributed by atoms with E-state index in [4.69, 9.17) is 0 Å². The molecule has 9 heteroatoms. The lowest BCUT2D eigenvalue weighted by molar-refractivity contribution is 0.0541. The zero-order valence-corrected chi connectivity index (χ0v) is 12.0. The Labute approximate surface area is 115 Å². The summed E-state index contributed by atoms with van der Waals surface area (Å²) in [5, 5.41) is 3.42. The van der Waals surface area contributed by atoms with Gasteiger partial charge in [-0.05, 0) is 13.8 Å². The molecule has 20 heavy (non-hydrogen) atoms. The predicted octanol–water partition coefficient (Wildman–Crippen LogP) is 1.89. The van der Waals surface area contributed by atoms with Gasteiger partial charge in [-0.2, -0.15) is 13.9 Å². The van der Waals surface area contributed by atoms with E-state index < -0.39 is 16.6 Å². The van der Waals surface area contributed by atoms with Crippen LogP contribution in [0.15, 0.2) is 17.3 Å². The molecule has 0 saturated heterocycles. The minimum Gasteiger partial charge on any atom is -0.238 e. The molecule has 0 saturated carbocycles. The van der Waals surface area contributed by atoms with E-state index in [2.05, 4.69) is 10.1 Å². The molecule has 0 fully saturated rings. The Morgan fingerprint density at radius 2 is 2.00 bits per heavy atom. The van der Waals surface area contributed by atoms with Crippen LogP contribution in [0.1, 0.15) is 30.7 Å². The first kappa shape index (κ1) is 14.6. The van der Waals surface area contributed by atoms with Gasteiger partial charge < -0.3 is 0 Å². The molecule has 110 valence electrons. The van der Waals surface area contributed by atoms with Crippen LogP contribution in [0.3, 0.4) is 0 Å². The van der Waals surface area contributed by atoms with Crippen molar-refractivity contribution in [1.29, 1.82) is 0 Å². The van der Waals surface area contributed by atoms with Crippen LogP contribution in [0.25, 0.3) is 0 Å². The summed E-state index contributed by atoms with van der Waals surface area (Å²) in [6, 6.07) is 0. The molecule has 0 aliphatic rings. The van der Waals surface area contributed by atoms with E-state index in [1.165, 1.54) is 13.1 Å². The van der Waals surface area contributed by atoms with Crippen molar-refractivity contribution in [3.63, 3.8) is 0 Å². The summed E-state index contributed by atoms with van der Waals surface area (Å²) in [5.74, 6) is 0.353. The quantitative estimate of drug-likeness (QED) is 0.865. The van der Waals surface area contributed by atoms with Crippen molar-refractivity contribution in [3.8, 4) is 0 Å². The van der Waals surface area contributed by atoms with Gasteiger partial charge in [0.25, 0.3) is 10.0 Å². The van der Waals surface area contributed by atoms with Crippen LogP contribution in [0.5, 0.6) is 0 Å². The second-order valence-corrected chi connectivity index (χ2v) is 6.05. The highest BCUT2D eigenvalue weighted by atomic mass is 32.2. The molecule has 0 aliphatic carbocycles. The third-order valence-corrected chi connectivity index (χ3v) is 4.69. The van der Waals surface area contributed by atoms with Crippen LogP contribution >= 0.6 is 0 Å². The van der Waals surface area contributed by atoms with E-state index >= 15 is 0 Å². The molecule has 0 aromatic carbocycles. The summed E-state index contributed by atoms with van der Waals surface area (Å²) in [6.45, 7) is 1.85. The van der Waals surface area contributed by atoms with Gasteiger partial charge in [0.05, 0.1) is 17.6 Å². The number of nitrogens with zero attached hydrogens (tertiary/aromatic N) is 4. The summed E-state index contributed by atoms with van der Waals surface area (Å²) in [5.41, 5.74) is 0.442. The van der Waals surface area contributed by atoms with Crippen molar-refractivity contribution in [2.75, 3.05) is 0 Å². The first-order valence-electron chi connectivity index (χ1n) is 5.91. The maximum Gasteiger partial charge on any atom is 0.333 e. The number of rotatable bonds is 4. The monoisotopic (exact) mass is 304 g/mol. The highest BCUT2D eigenvalue weighted by molar-refractivity contribution is 7.90. The molecule has 0 amide bonds. The Hall–Kier alpha value is -1.77. The number of imidazole rings is 1. The average Bonchev–Trinajstić information content (AvgIpc) is 2.92. The van der Waals surface area contributed by atoms with Crippen molar-refractivity contribution < 1.29 is 17.2 Å². The van der Waals surface area contributed by atoms with Gasteiger partial charge in [-0.1, -0.05) is 6.92 Å². The Kier molecular flexibility index (Phi) is 3.63. The number of aryl methyl sites for hydroxylation is 2. The summed E-state index contributed by atoms with van der Waals surface area (Å²) in [7, 11) is -3.97. The molecule has 0 bridgehead atoms. The standard InChI is InChI=1S/C11H14F2N4O2S/c1-4-10-15-7(2)6-16(10)20(18,19)9-5-14-17(8(9)3)11(12)13/h5-6,11H,4H2,1-3H3. The fourth-order valence-corrected chi connectivity index (χ4v) is 3.53. The molecule has 2 rings (SSSR count). The maximum absolute atomic E-state index is 12.7. The average molecular weight is 304 g/mol. The van der Waals surface area contributed by atoms with E-state index in [1.807, 2.05) is 0 Å². The van der Waals surface area contributed by atoms with E-state index in [1.54, 1.807) is 13.8 Å². The molecule has 0 radical (unpaired) electrons. The molecule has 2 heterocycles. The first-order chi connectivity index (χ1) is 9.28. The number of halogens is 2. The molecule has 0 spiro atoms. The van der Waals surface area contributed by atoms with Crippen LogP contribution in [0.4, 0.5) is 8.78 Å².